The highest BCUT2D eigenvalue weighted by Gasteiger charge is 2.30. The fraction of sp³-hybridized carbons (Fsp3) is 0.238. The first-order valence-electron chi connectivity index (χ1n) is 8.93. The molecule has 4 rings (SSSR count). The zero-order valence-electron chi connectivity index (χ0n) is 15.2. The highest BCUT2D eigenvalue weighted by atomic mass is 16.5. The van der Waals surface area contributed by atoms with Crippen LogP contribution >= 0.6 is 0 Å². The molecule has 1 aromatic heterocycles. The van der Waals surface area contributed by atoms with Gasteiger partial charge < -0.3 is 10.5 Å². The summed E-state index contributed by atoms with van der Waals surface area (Å²) in [6.07, 6.45) is 4.28. The minimum Gasteiger partial charge on any atom is -0.497 e. The number of ether oxygens (including phenoxy) is 1. The summed E-state index contributed by atoms with van der Waals surface area (Å²) in [5.41, 5.74) is 10.2. The third-order valence-electron chi connectivity index (χ3n) is 5.09. The highest BCUT2D eigenvalue weighted by Crippen LogP contribution is 2.28. The van der Waals surface area contributed by atoms with Crippen LogP contribution in [-0.4, -0.2) is 33.7 Å². The van der Waals surface area contributed by atoms with E-state index in [-0.39, 0.29) is 11.9 Å². The van der Waals surface area contributed by atoms with Gasteiger partial charge in [0.05, 0.1) is 18.8 Å². The monoisotopic (exact) mass is 362 g/mol. The number of hydrogen-bond donors (Lipinski definition) is 1. The molecule has 0 bridgehead atoms. The number of rotatable bonds is 5. The summed E-state index contributed by atoms with van der Waals surface area (Å²) in [6, 6.07) is 15.7. The third kappa shape index (κ3) is 3.44. The summed E-state index contributed by atoms with van der Waals surface area (Å²) in [5.74, 6) is 0.474. The lowest BCUT2D eigenvalue weighted by molar-refractivity contribution is -0.124. The average molecular weight is 362 g/mol. The Labute approximate surface area is 158 Å². The molecule has 2 N–H and O–H groups in total. The van der Waals surface area contributed by atoms with Gasteiger partial charge in [0.25, 0.3) is 0 Å². The van der Waals surface area contributed by atoms with E-state index in [9.17, 15) is 4.79 Å². The first-order valence-corrected chi connectivity index (χ1v) is 8.93. The molecule has 0 radical (unpaired) electrons. The Morgan fingerprint density at radius 3 is 2.74 bits per heavy atom. The summed E-state index contributed by atoms with van der Waals surface area (Å²) in [5, 5.41) is 4.35. The van der Waals surface area contributed by atoms with Crippen molar-refractivity contribution in [2.24, 2.45) is 5.73 Å². The third-order valence-corrected chi connectivity index (χ3v) is 5.09. The van der Waals surface area contributed by atoms with E-state index in [2.05, 4.69) is 22.1 Å². The van der Waals surface area contributed by atoms with E-state index in [1.54, 1.807) is 13.3 Å². The number of primary amides is 1. The molecule has 0 spiro atoms. The van der Waals surface area contributed by atoms with Crippen molar-refractivity contribution in [2.75, 3.05) is 7.11 Å². The number of methoxy groups -OCH3 is 1. The Morgan fingerprint density at radius 1 is 1.22 bits per heavy atom. The predicted octanol–water partition coefficient (Wildman–Crippen LogP) is 2.29. The van der Waals surface area contributed by atoms with Crippen molar-refractivity contribution in [3.8, 4) is 11.4 Å². The number of aromatic nitrogens is 2. The van der Waals surface area contributed by atoms with Gasteiger partial charge in [-0.05, 0) is 47.4 Å². The van der Waals surface area contributed by atoms with Gasteiger partial charge >= 0.3 is 0 Å². The molecule has 6 heteroatoms. The Morgan fingerprint density at radius 2 is 2.04 bits per heavy atom. The quantitative estimate of drug-likeness (QED) is 0.756. The number of hydrogen-bond acceptors (Lipinski definition) is 4. The minimum atomic E-state index is -0.337. The van der Waals surface area contributed by atoms with Crippen molar-refractivity contribution in [3.05, 3.63) is 77.6 Å². The molecule has 0 aliphatic carbocycles. The van der Waals surface area contributed by atoms with E-state index in [0.29, 0.717) is 19.5 Å². The number of benzene rings is 2. The lowest BCUT2D eigenvalue weighted by Gasteiger charge is -2.35. The lowest BCUT2D eigenvalue weighted by atomic mass is 9.93. The van der Waals surface area contributed by atoms with Gasteiger partial charge in [-0.3, -0.25) is 9.69 Å². The van der Waals surface area contributed by atoms with E-state index >= 15 is 0 Å². The maximum Gasteiger partial charge on any atom is 0.235 e. The van der Waals surface area contributed by atoms with Crippen molar-refractivity contribution >= 4 is 5.91 Å². The molecule has 2 aromatic carbocycles. The van der Waals surface area contributed by atoms with Crippen LogP contribution in [0.3, 0.4) is 0 Å². The van der Waals surface area contributed by atoms with Gasteiger partial charge in [0.15, 0.2) is 0 Å². The molecule has 0 unspecified atom stereocenters. The van der Waals surface area contributed by atoms with E-state index in [0.717, 1.165) is 17.0 Å². The molecule has 1 atom stereocenters. The van der Waals surface area contributed by atoms with Crippen molar-refractivity contribution < 1.29 is 9.53 Å². The first kappa shape index (κ1) is 17.3. The zero-order valence-corrected chi connectivity index (χ0v) is 15.2. The number of carbonyl (C=O) groups excluding carboxylic acids is 1. The van der Waals surface area contributed by atoms with Gasteiger partial charge in [0, 0.05) is 25.5 Å². The molecule has 6 nitrogen and oxygen atoms in total. The van der Waals surface area contributed by atoms with Crippen molar-refractivity contribution in [2.45, 2.75) is 25.6 Å². The van der Waals surface area contributed by atoms with Gasteiger partial charge in [-0.25, -0.2) is 4.68 Å². The van der Waals surface area contributed by atoms with E-state index in [1.165, 1.54) is 11.1 Å². The minimum absolute atomic E-state index is 0.298. The second-order valence-corrected chi connectivity index (χ2v) is 6.74. The van der Waals surface area contributed by atoms with Gasteiger partial charge in [0.1, 0.15) is 5.75 Å². The van der Waals surface area contributed by atoms with Crippen LogP contribution in [0.15, 0.2) is 60.9 Å². The number of carbonyl (C=O) groups is 1. The molecular formula is C21H22N4O2. The molecule has 1 aliphatic rings. The summed E-state index contributed by atoms with van der Waals surface area (Å²) in [7, 11) is 1.65. The normalized spacial score (nSPS) is 16.7. The van der Waals surface area contributed by atoms with Crippen LogP contribution in [0.1, 0.15) is 16.7 Å². The maximum absolute atomic E-state index is 12.1. The smallest absolute Gasteiger partial charge is 0.235 e. The van der Waals surface area contributed by atoms with Crippen molar-refractivity contribution in [1.29, 1.82) is 0 Å². The highest BCUT2D eigenvalue weighted by molar-refractivity contribution is 5.80. The van der Waals surface area contributed by atoms with Crippen LogP contribution < -0.4 is 10.5 Å². The first-order chi connectivity index (χ1) is 13.2. The van der Waals surface area contributed by atoms with Gasteiger partial charge in [-0.1, -0.05) is 24.3 Å². The standard InChI is InChI=1S/C21H22N4O2/c1-27-18-7-8-19(25-10-4-9-23-25)17(11-18)14-24-13-16-6-3-2-5-15(16)12-20(24)21(22)26/h2-11,20H,12-14H2,1H3,(H2,22,26)/t20-/m0/s1. The van der Waals surface area contributed by atoms with Gasteiger partial charge in [-0.15, -0.1) is 0 Å². The van der Waals surface area contributed by atoms with Crippen LogP contribution in [0.5, 0.6) is 5.75 Å². The van der Waals surface area contributed by atoms with E-state index in [4.69, 9.17) is 10.5 Å². The van der Waals surface area contributed by atoms with Crippen LogP contribution in [0.25, 0.3) is 5.69 Å². The van der Waals surface area contributed by atoms with Gasteiger partial charge in [0.2, 0.25) is 5.91 Å². The molecule has 0 saturated carbocycles. The fourth-order valence-electron chi connectivity index (χ4n) is 3.69. The van der Waals surface area contributed by atoms with Crippen LogP contribution in [0, 0.1) is 0 Å². The molecule has 2 heterocycles. The van der Waals surface area contributed by atoms with Crippen LogP contribution in [0.4, 0.5) is 0 Å². The molecule has 1 amide bonds. The number of amides is 1. The molecule has 1 aliphatic heterocycles. The number of fused-ring (bicyclic) bond motifs is 1. The molecule has 27 heavy (non-hydrogen) atoms. The predicted molar refractivity (Wildman–Crippen MR) is 102 cm³/mol. The Bertz CT molecular complexity index is 953. The SMILES string of the molecule is COc1ccc(-n2cccn2)c(CN2Cc3ccccc3C[C@H]2C(N)=O)c1. The lowest BCUT2D eigenvalue weighted by Crippen LogP contribution is -2.48. The average Bonchev–Trinajstić information content (AvgIpc) is 3.21. The zero-order chi connectivity index (χ0) is 18.8. The Hall–Kier alpha value is -3.12. The number of nitrogens with zero attached hydrogens (tertiary/aromatic N) is 3. The maximum atomic E-state index is 12.1. The summed E-state index contributed by atoms with van der Waals surface area (Å²) >= 11 is 0. The summed E-state index contributed by atoms with van der Waals surface area (Å²) in [4.78, 5) is 14.3. The van der Waals surface area contributed by atoms with Crippen LogP contribution in [0.2, 0.25) is 0 Å². The van der Waals surface area contributed by atoms with Gasteiger partial charge in [-0.2, -0.15) is 5.10 Å². The second-order valence-electron chi connectivity index (χ2n) is 6.74. The van der Waals surface area contributed by atoms with E-state index in [1.807, 2.05) is 47.3 Å². The Kier molecular flexibility index (Phi) is 4.64. The topological polar surface area (TPSA) is 73.4 Å². The largest absolute Gasteiger partial charge is 0.497 e. The molecule has 138 valence electrons. The fourth-order valence-corrected chi connectivity index (χ4v) is 3.69. The Balaban J connectivity index is 1.71. The van der Waals surface area contributed by atoms with Crippen molar-refractivity contribution in [3.63, 3.8) is 0 Å². The molecule has 0 fully saturated rings. The molecular weight excluding hydrogens is 340 g/mol. The molecule has 0 saturated heterocycles. The van der Waals surface area contributed by atoms with Crippen LogP contribution in [-0.2, 0) is 24.3 Å². The van der Waals surface area contributed by atoms with Crippen molar-refractivity contribution in [1.82, 2.24) is 14.7 Å². The number of nitrogens with two attached hydrogens (primary N) is 1. The second kappa shape index (κ2) is 7.25. The summed E-state index contributed by atoms with van der Waals surface area (Å²) < 4.78 is 7.23. The molecule has 3 aromatic rings. The summed E-state index contributed by atoms with van der Waals surface area (Å²) in [6.45, 7) is 1.26. The van der Waals surface area contributed by atoms with E-state index < -0.39 is 0 Å².